The van der Waals surface area contributed by atoms with E-state index < -0.39 is 11.9 Å². The molecule has 0 atom stereocenters. The molecule has 0 radical (unpaired) electrons. The largest absolute Gasteiger partial charge is 0.507 e. The van der Waals surface area contributed by atoms with E-state index in [9.17, 15) is 14.7 Å². The highest BCUT2D eigenvalue weighted by Gasteiger charge is 2.14. The number of aromatic hydroxyl groups is 1. The zero-order chi connectivity index (χ0) is 14.0. The summed E-state index contributed by atoms with van der Waals surface area (Å²) in [5.74, 6) is -2.06. The van der Waals surface area contributed by atoms with Crippen LogP contribution >= 0.6 is 11.6 Å². The van der Waals surface area contributed by atoms with E-state index in [1.807, 2.05) is 0 Å². The number of carbonyl (C=O) groups is 2. The average Bonchev–Trinajstić information content (AvgIpc) is 2.77. The predicted octanol–water partition coefficient (Wildman–Crippen LogP) is 1.72. The normalized spacial score (nSPS) is 10.2. The van der Waals surface area contributed by atoms with Crippen molar-refractivity contribution in [2.75, 3.05) is 5.32 Å². The number of anilines is 1. The Hall–Kier alpha value is -2.54. The number of carboxylic acids is 1. The van der Waals surface area contributed by atoms with Gasteiger partial charge in [-0.25, -0.2) is 4.79 Å². The highest BCUT2D eigenvalue weighted by atomic mass is 35.5. The second kappa shape index (κ2) is 4.99. The van der Waals surface area contributed by atoms with Crippen LogP contribution in [0.5, 0.6) is 5.75 Å². The van der Waals surface area contributed by atoms with Crippen LogP contribution in [0.2, 0.25) is 5.02 Å². The number of aromatic amines is 1. The second-order valence-electron chi connectivity index (χ2n) is 3.59. The van der Waals surface area contributed by atoms with E-state index in [0.29, 0.717) is 5.02 Å². The van der Waals surface area contributed by atoms with Crippen LogP contribution in [-0.4, -0.2) is 32.3 Å². The van der Waals surface area contributed by atoms with Crippen molar-refractivity contribution < 1.29 is 19.8 Å². The molecule has 1 aromatic heterocycles. The first-order chi connectivity index (χ1) is 8.97. The van der Waals surface area contributed by atoms with E-state index in [-0.39, 0.29) is 22.8 Å². The summed E-state index contributed by atoms with van der Waals surface area (Å²) in [6.45, 7) is 0. The Kier molecular flexibility index (Phi) is 3.39. The summed E-state index contributed by atoms with van der Waals surface area (Å²) in [6, 6.07) is 5.18. The van der Waals surface area contributed by atoms with Crippen molar-refractivity contribution in [3.63, 3.8) is 0 Å². The molecule has 4 N–H and O–H groups in total. The molecule has 0 saturated heterocycles. The van der Waals surface area contributed by atoms with Crippen molar-refractivity contribution in [3.8, 4) is 5.75 Å². The topological polar surface area (TPSA) is 115 Å². The van der Waals surface area contributed by atoms with Crippen molar-refractivity contribution >= 4 is 29.3 Å². The molecule has 0 unspecified atom stereocenters. The summed E-state index contributed by atoms with van der Waals surface area (Å²) in [4.78, 5) is 22.4. The number of phenolic OH excluding ortho intramolecular Hbond substituents is 1. The van der Waals surface area contributed by atoms with Crippen molar-refractivity contribution in [2.24, 2.45) is 0 Å². The quantitative estimate of drug-likeness (QED) is 0.684. The molecule has 7 nitrogen and oxygen atoms in total. The SMILES string of the molecule is O=C(O)c1cc(NC(=O)c2ccc(Cl)cc2O)n[nH]1. The summed E-state index contributed by atoms with van der Waals surface area (Å²) in [6.07, 6.45) is 0. The second-order valence-corrected chi connectivity index (χ2v) is 4.02. The van der Waals surface area contributed by atoms with Crippen molar-refractivity contribution in [2.45, 2.75) is 0 Å². The fourth-order valence-corrected chi connectivity index (χ4v) is 1.54. The lowest BCUT2D eigenvalue weighted by Gasteiger charge is -2.04. The number of phenols is 1. The number of hydrogen-bond acceptors (Lipinski definition) is 4. The van der Waals surface area contributed by atoms with Crippen LogP contribution in [0.4, 0.5) is 5.82 Å². The van der Waals surface area contributed by atoms with Crippen LogP contribution in [-0.2, 0) is 0 Å². The molecule has 1 amide bonds. The van der Waals surface area contributed by atoms with Gasteiger partial charge < -0.3 is 15.5 Å². The number of benzene rings is 1. The Labute approximate surface area is 111 Å². The van der Waals surface area contributed by atoms with Crippen LogP contribution < -0.4 is 5.32 Å². The Morgan fingerprint density at radius 3 is 2.63 bits per heavy atom. The van der Waals surface area contributed by atoms with E-state index in [1.54, 1.807) is 0 Å². The molecule has 0 aliphatic carbocycles. The molecule has 0 spiro atoms. The maximum atomic E-state index is 11.8. The number of aromatic carboxylic acids is 1. The standard InChI is InChI=1S/C11H8ClN3O4/c12-5-1-2-6(8(16)3-5)10(17)13-9-4-7(11(18)19)14-15-9/h1-4,16H,(H,18,19)(H2,13,14,15,17). The lowest BCUT2D eigenvalue weighted by molar-refractivity contribution is 0.0690. The first-order valence-corrected chi connectivity index (χ1v) is 5.44. The number of carboxylic acid groups (broad SMARTS) is 1. The van der Waals surface area contributed by atoms with Gasteiger partial charge in [0.2, 0.25) is 0 Å². The fourth-order valence-electron chi connectivity index (χ4n) is 1.38. The van der Waals surface area contributed by atoms with Gasteiger partial charge in [-0.15, -0.1) is 0 Å². The predicted molar refractivity (Wildman–Crippen MR) is 66.6 cm³/mol. The van der Waals surface area contributed by atoms with Gasteiger partial charge in [-0.05, 0) is 18.2 Å². The third-order valence-corrected chi connectivity index (χ3v) is 2.49. The Morgan fingerprint density at radius 1 is 1.32 bits per heavy atom. The van der Waals surface area contributed by atoms with Crippen molar-refractivity contribution in [3.05, 3.63) is 40.5 Å². The minimum absolute atomic E-state index is 0.00396. The molecule has 0 aliphatic heterocycles. The molecule has 98 valence electrons. The number of rotatable bonds is 3. The maximum absolute atomic E-state index is 11.8. The van der Waals surface area contributed by atoms with Gasteiger partial charge in [-0.1, -0.05) is 11.6 Å². The molecule has 1 heterocycles. The average molecular weight is 282 g/mol. The first-order valence-electron chi connectivity index (χ1n) is 5.06. The zero-order valence-corrected chi connectivity index (χ0v) is 10.1. The number of nitrogens with zero attached hydrogens (tertiary/aromatic N) is 1. The third-order valence-electron chi connectivity index (χ3n) is 2.25. The molecule has 0 fully saturated rings. The molecule has 19 heavy (non-hydrogen) atoms. The van der Waals surface area contributed by atoms with Gasteiger partial charge in [0.05, 0.1) is 5.56 Å². The molecular formula is C11H8ClN3O4. The van der Waals surface area contributed by atoms with Gasteiger partial charge in [0.25, 0.3) is 5.91 Å². The summed E-state index contributed by atoms with van der Waals surface area (Å²) in [7, 11) is 0. The summed E-state index contributed by atoms with van der Waals surface area (Å²) < 4.78 is 0. The third kappa shape index (κ3) is 2.83. The van der Waals surface area contributed by atoms with Gasteiger partial charge >= 0.3 is 5.97 Å². The number of hydrogen-bond donors (Lipinski definition) is 4. The monoisotopic (exact) mass is 281 g/mol. The van der Waals surface area contributed by atoms with Crippen LogP contribution in [0, 0.1) is 0 Å². The van der Waals surface area contributed by atoms with Gasteiger partial charge in [-0.2, -0.15) is 5.10 Å². The van der Waals surface area contributed by atoms with Crippen molar-refractivity contribution in [1.82, 2.24) is 10.2 Å². The van der Waals surface area contributed by atoms with Crippen LogP contribution in [0.15, 0.2) is 24.3 Å². The molecule has 0 saturated carbocycles. The fraction of sp³-hybridized carbons (Fsp3) is 0. The number of aromatic nitrogens is 2. The van der Waals surface area contributed by atoms with Gasteiger partial charge in [0.1, 0.15) is 11.4 Å². The van der Waals surface area contributed by atoms with E-state index in [4.69, 9.17) is 16.7 Å². The Bertz CT molecular complexity index is 653. The summed E-state index contributed by atoms with van der Waals surface area (Å²) >= 11 is 5.65. The smallest absolute Gasteiger partial charge is 0.353 e. The Morgan fingerprint density at radius 2 is 2.05 bits per heavy atom. The molecule has 0 aliphatic rings. The molecule has 8 heteroatoms. The van der Waals surface area contributed by atoms with Gasteiger partial charge in [0, 0.05) is 11.1 Å². The number of carbonyl (C=O) groups excluding carboxylic acids is 1. The van der Waals surface area contributed by atoms with Gasteiger partial charge in [-0.3, -0.25) is 9.89 Å². The molecule has 2 aromatic rings. The summed E-state index contributed by atoms with van der Waals surface area (Å²) in [5, 5.41) is 26.7. The first kappa shape index (κ1) is 12.9. The molecule has 2 rings (SSSR count). The lowest BCUT2D eigenvalue weighted by Crippen LogP contribution is -2.12. The van der Waals surface area contributed by atoms with Crippen molar-refractivity contribution in [1.29, 1.82) is 0 Å². The molecule has 0 bridgehead atoms. The Balaban J connectivity index is 2.18. The van der Waals surface area contributed by atoms with Gasteiger partial charge in [0.15, 0.2) is 5.82 Å². The maximum Gasteiger partial charge on any atom is 0.353 e. The molecule has 1 aromatic carbocycles. The zero-order valence-electron chi connectivity index (χ0n) is 9.35. The lowest BCUT2D eigenvalue weighted by atomic mass is 10.2. The summed E-state index contributed by atoms with van der Waals surface area (Å²) in [5.41, 5.74) is -0.153. The number of amides is 1. The number of nitrogens with one attached hydrogen (secondary N) is 2. The minimum Gasteiger partial charge on any atom is -0.507 e. The van der Waals surface area contributed by atoms with E-state index in [0.717, 1.165) is 6.07 Å². The highest BCUT2D eigenvalue weighted by molar-refractivity contribution is 6.30. The van der Waals surface area contributed by atoms with Crippen LogP contribution in [0.25, 0.3) is 0 Å². The van der Waals surface area contributed by atoms with E-state index in [2.05, 4.69) is 15.5 Å². The highest BCUT2D eigenvalue weighted by Crippen LogP contribution is 2.22. The van der Waals surface area contributed by atoms with E-state index >= 15 is 0 Å². The van der Waals surface area contributed by atoms with Crippen LogP contribution in [0.1, 0.15) is 20.8 Å². The molecular weight excluding hydrogens is 274 g/mol. The van der Waals surface area contributed by atoms with E-state index in [1.165, 1.54) is 18.2 Å². The minimum atomic E-state index is -1.19. The number of H-pyrrole nitrogens is 1. The number of halogens is 1. The van der Waals surface area contributed by atoms with Crippen LogP contribution in [0.3, 0.4) is 0 Å².